The highest BCUT2D eigenvalue weighted by molar-refractivity contribution is 6.45. The molecule has 0 radical (unpaired) electrons. The molecule has 1 unspecified atom stereocenters. The summed E-state index contributed by atoms with van der Waals surface area (Å²) in [5.74, 6) is -0.621. The summed E-state index contributed by atoms with van der Waals surface area (Å²) < 4.78 is 5.61. The van der Waals surface area contributed by atoms with Gasteiger partial charge in [0.2, 0.25) is 0 Å². The molecule has 0 amide bonds. The maximum absolute atomic E-state index is 13.1. The number of aliphatic carboxylic acids is 1. The van der Waals surface area contributed by atoms with E-state index in [1.165, 1.54) is 0 Å². The summed E-state index contributed by atoms with van der Waals surface area (Å²) in [6.45, 7) is 2.07. The van der Waals surface area contributed by atoms with E-state index in [1.54, 1.807) is 18.2 Å². The number of carbonyl (C=O) groups excluding carboxylic acids is 1. The van der Waals surface area contributed by atoms with Crippen LogP contribution in [0.4, 0.5) is 0 Å². The molecule has 0 saturated heterocycles. The van der Waals surface area contributed by atoms with Crippen molar-refractivity contribution in [3.05, 3.63) is 62.1 Å². The van der Waals surface area contributed by atoms with E-state index in [0.717, 1.165) is 11.1 Å². The van der Waals surface area contributed by atoms with Gasteiger partial charge in [0.1, 0.15) is 10.8 Å². The summed E-state index contributed by atoms with van der Waals surface area (Å²) in [6, 6.07) is 8.91. The zero-order valence-corrected chi connectivity index (χ0v) is 16.8. The second kappa shape index (κ2) is 7.70. The molecule has 0 spiro atoms. The molecule has 2 aromatic carbocycles. The Labute approximate surface area is 172 Å². The van der Waals surface area contributed by atoms with Crippen molar-refractivity contribution >= 4 is 46.6 Å². The zero-order valence-electron chi connectivity index (χ0n) is 14.5. The number of carboxylic acid groups (broad SMARTS) is 1. The molecule has 1 aliphatic rings. The number of carboxylic acids is 1. The number of Topliss-reactive ketones (excluding diaryl/α,β-unsaturated/α-hetero) is 1. The van der Waals surface area contributed by atoms with Gasteiger partial charge in [-0.25, -0.2) is 0 Å². The summed E-state index contributed by atoms with van der Waals surface area (Å²) in [7, 11) is 0. The van der Waals surface area contributed by atoms with E-state index < -0.39 is 11.4 Å². The van der Waals surface area contributed by atoms with E-state index in [0.29, 0.717) is 29.2 Å². The largest absolute Gasteiger partial charge is 0.492 e. The molecule has 7 heteroatoms. The molecule has 0 aromatic heterocycles. The molecule has 0 saturated carbocycles. The highest BCUT2D eigenvalue weighted by Gasteiger charge is 2.45. The molecular weight excluding hydrogens is 411 g/mol. The Hall–Kier alpha value is -1.75. The quantitative estimate of drug-likeness (QED) is 0.611. The van der Waals surface area contributed by atoms with Crippen molar-refractivity contribution < 1.29 is 19.4 Å². The van der Waals surface area contributed by atoms with Crippen LogP contribution in [0.5, 0.6) is 5.75 Å². The normalized spacial score (nSPS) is 18.4. The van der Waals surface area contributed by atoms with Crippen LogP contribution in [0.25, 0.3) is 0 Å². The van der Waals surface area contributed by atoms with Crippen molar-refractivity contribution in [1.82, 2.24) is 0 Å². The summed E-state index contributed by atoms with van der Waals surface area (Å²) in [5, 5.41) is 9.64. The van der Waals surface area contributed by atoms with Crippen molar-refractivity contribution in [3.63, 3.8) is 0 Å². The topological polar surface area (TPSA) is 63.6 Å². The second-order valence-corrected chi connectivity index (χ2v) is 7.92. The summed E-state index contributed by atoms with van der Waals surface area (Å²) in [4.78, 5) is 23.7. The number of fused-ring (bicyclic) bond motifs is 1. The van der Waals surface area contributed by atoms with E-state index in [1.807, 2.05) is 19.1 Å². The van der Waals surface area contributed by atoms with Gasteiger partial charge < -0.3 is 9.84 Å². The van der Waals surface area contributed by atoms with Crippen LogP contribution in [0.3, 0.4) is 0 Å². The first-order valence-electron chi connectivity index (χ1n) is 8.40. The van der Waals surface area contributed by atoms with Gasteiger partial charge in [0.15, 0.2) is 5.78 Å². The van der Waals surface area contributed by atoms with Crippen LogP contribution in [0.2, 0.25) is 15.1 Å². The number of rotatable bonds is 6. The summed E-state index contributed by atoms with van der Waals surface area (Å²) >= 11 is 18.7. The van der Waals surface area contributed by atoms with E-state index in [4.69, 9.17) is 44.6 Å². The fourth-order valence-electron chi connectivity index (χ4n) is 3.34. The minimum Gasteiger partial charge on any atom is -0.492 e. The lowest BCUT2D eigenvalue weighted by molar-refractivity contribution is -0.137. The molecule has 0 aliphatic heterocycles. The van der Waals surface area contributed by atoms with Crippen LogP contribution in [0.1, 0.15) is 41.3 Å². The second-order valence-electron chi connectivity index (χ2n) is 6.73. The average molecular weight is 428 g/mol. The third-order valence-corrected chi connectivity index (χ3v) is 5.90. The molecule has 3 rings (SSSR count). The third-order valence-electron chi connectivity index (χ3n) is 4.80. The Morgan fingerprint density at radius 2 is 1.85 bits per heavy atom. The van der Waals surface area contributed by atoms with E-state index in [-0.39, 0.29) is 28.9 Å². The highest BCUT2D eigenvalue weighted by Crippen LogP contribution is 2.47. The van der Waals surface area contributed by atoms with Gasteiger partial charge in [-0.15, -0.1) is 0 Å². The Balaban J connectivity index is 1.90. The van der Waals surface area contributed by atoms with Crippen LogP contribution in [0, 0.1) is 0 Å². The van der Waals surface area contributed by atoms with E-state index >= 15 is 0 Å². The van der Waals surface area contributed by atoms with Crippen LogP contribution in [0.15, 0.2) is 30.3 Å². The van der Waals surface area contributed by atoms with Gasteiger partial charge in [0.25, 0.3) is 0 Å². The fraction of sp³-hybridized carbons (Fsp3) is 0.300. The molecule has 2 aromatic rings. The van der Waals surface area contributed by atoms with Crippen LogP contribution in [-0.2, 0) is 16.6 Å². The van der Waals surface area contributed by atoms with Gasteiger partial charge >= 0.3 is 5.97 Å². The van der Waals surface area contributed by atoms with Crippen molar-refractivity contribution in [1.29, 1.82) is 0 Å². The van der Waals surface area contributed by atoms with Crippen molar-refractivity contribution in [2.45, 2.75) is 31.6 Å². The van der Waals surface area contributed by atoms with Crippen LogP contribution >= 0.6 is 34.8 Å². The SMILES string of the molecule is CC1(c2ccc(Cl)cc2)Cc2cc(OCCCC(=O)O)c(Cl)c(Cl)c2C1=O. The lowest BCUT2D eigenvalue weighted by Gasteiger charge is -2.22. The lowest BCUT2D eigenvalue weighted by Crippen LogP contribution is -2.29. The van der Waals surface area contributed by atoms with Gasteiger partial charge in [-0.2, -0.15) is 0 Å². The van der Waals surface area contributed by atoms with Gasteiger partial charge in [-0.05, 0) is 49.1 Å². The number of carbonyl (C=O) groups is 2. The zero-order chi connectivity index (χ0) is 19.8. The molecule has 0 heterocycles. The first-order valence-corrected chi connectivity index (χ1v) is 9.53. The molecule has 0 fully saturated rings. The van der Waals surface area contributed by atoms with E-state index in [2.05, 4.69) is 0 Å². The smallest absolute Gasteiger partial charge is 0.303 e. The minimum atomic E-state index is -0.888. The van der Waals surface area contributed by atoms with Crippen LogP contribution in [-0.4, -0.2) is 23.5 Å². The fourth-order valence-corrected chi connectivity index (χ4v) is 3.97. The summed E-state index contributed by atoms with van der Waals surface area (Å²) in [6.07, 6.45) is 0.816. The maximum Gasteiger partial charge on any atom is 0.303 e. The predicted octanol–water partition coefficient (Wildman–Crippen LogP) is 5.59. The molecule has 0 bridgehead atoms. The molecular formula is C20H17Cl3O4. The standard InChI is InChI=1S/C20H17Cl3O4/c1-20(12-4-6-13(21)7-5-12)10-11-9-14(27-8-2-3-15(24)25)17(22)18(23)16(11)19(20)26/h4-7,9H,2-3,8,10H2,1H3,(H,24,25). The predicted molar refractivity (Wildman–Crippen MR) is 106 cm³/mol. The van der Waals surface area contributed by atoms with Gasteiger partial charge in [0.05, 0.1) is 17.0 Å². The number of halogens is 3. The molecule has 1 aliphatic carbocycles. The molecule has 4 nitrogen and oxygen atoms in total. The first kappa shape index (κ1) is 20.0. The summed E-state index contributed by atoms with van der Waals surface area (Å²) in [5.41, 5.74) is 1.27. The van der Waals surface area contributed by atoms with Crippen molar-refractivity contribution in [3.8, 4) is 5.75 Å². The number of ketones is 1. The molecule has 142 valence electrons. The first-order chi connectivity index (χ1) is 12.7. The van der Waals surface area contributed by atoms with Crippen molar-refractivity contribution in [2.24, 2.45) is 0 Å². The maximum atomic E-state index is 13.1. The van der Waals surface area contributed by atoms with Gasteiger partial charge in [-0.3, -0.25) is 9.59 Å². The Kier molecular flexibility index (Phi) is 5.71. The number of hydrogen-bond acceptors (Lipinski definition) is 3. The molecule has 1 N–H and O–H groups in total. The monoisotopic (exact) mass is 426 g/mol. The molecule has 27 heavy (non-hydrogen) atoms. The minimum absolute atomic E-state index is 0.00339. The molecule has 1 atom stereocenters. The third kappa shape index (κ3) is 3.79. The Morgan fingerprint density at radius 3 is 2.48 bits per heavy atom. The lowest BCUT2D eigenvalue weighted by atomic mass is 9.79. The van der Waals surface area contributed by atoms with Gasteiger partial charge in [0, 0.05) is 17.0 Å². The number of hydrogen-bond donors (Lipinski definition) is 1. The van der Waals surface area contributed by atoms with Crippen molar-refractivity contribution in [2.75, 3.05) is 6.61 Å². The van der Waals surface area contributed by atoms with Crippen LogP contribution < -0.4 is 4.74 Å². The van der Waals surface area contributed by atoms with Gasteiger partial charge in [-0.1, -0.05) is 46.9 Å². The number of benzene rings is 2. The Morgan fingerprint density at radius 1 is 1.19 bits per heavy atom. The van der Waals surface area contributed by atoms with E-state index in [9.17, 15) is 9.59 Å². The average Bonchev–Trinajstić information content (AvgIpc) is 2.88. The number of ether oxygens (including phenoxy) is 1. The Bertz CT molecular complexity index is 908. The highest BCUT2D eigenvalue weighted by atomic mass is 35.5.